The first kappa shape index (κ1) is 21.4. The van der Waals surface area contributed by atoms with Crippen LogP contribution in [0.3, 0.4) is 0 Å². The van der Waals surface area contributed by atoms with Crippen molar-refractivity contribution in [3.8, 4) is 6.07 Å². The zero-order valence-corrected chi connectivity index (χ0v) is 15.7. The molecule has 0 aliphatic heterocycles. The average molecular weight is 393 g/mol. The van der Waals surface area contributed by atoms with Gasteiger partial charge < -0.3 is 10.4 Å². The van der Waals surface area contributed by atoms with Crippen LogP contribution in [0.2, 0.25) is 0 Å². The number of rotatable bonds is 9. The normalized spacial score (nSPS) is 12.7. The lowest BCUT2D eigenvalue weighted by Gasteiger charge is -2.30. The molecule has 0 saturated heterocycles. The number of nitriles is 1. The molecule has 9 nitrogen and oxygen atoms in total. The molecule has 0 radical (unpaired) electrons. The number of azo groups is 1. The van der Waals surface area contributed by atoms with Gasteiger partial charge in [0.25, 0.3) is 5.69 Å². The Kier molecular flexibility index (Phi) is 6.89. The van der Waals surface area contributed by atoms with Crippen molar-refractivity contribution in [2.45, 2.75) is 18.9 Å². The number of nitrogens with zero attached hydrogens (tertiary/aromatic N) is 4. The molecule has 9 heteroatoms. The summed E-state index contributed by atoms with van der Waals surface area (Å²) < 4.78 is 0. The van der Waals surface area contributed by atoms with Gasteiger partial charge in [-0.05, 0) is 42.8 Å². The summed E-state index contributed by atoms with van der Waals surface area (Å²) in [7, 11) is 0. The Morgan fingerprint density at radius 2 is 2.03 bits per heavy atom. The van der Waals surface area contributed by atoms with E-state index < -0.39 is 10.5 Å². The van der Waals surface area contributed by atoms with Gasteiger partial charge in [-0.1, -0.05) is 13.5 Å². The third-order valence-electron chi connectivity index (χ3n) is 4.37. The molecule has 0 aromatic heterocycles. The van der Waals surface area contributed by atoms with E-state index in [2.05, 4.69) is 22.1 Å². The number of nitrogens with one attached hydrogen (secondary N) is 1. The van der Waals surface area contributed by atoms with Gasteiger partial charge in [-0.2, -0.15) is 10.4 Å². The van der Waals surface area contributed by atoms with Gasteiger partial charge in [-0.15, -0.1) is 5.11 Å². The SMILES string of the molecule is C=CC(=O)C(CC)(CO)Nc1ccc(N=Nc2ccc([N+](=O)[O-])cc2C#N)cc1. The van der Waals surface area contributed by atoms with Crippen LogP contribution >= 0.6 is 0 Å². The summed E-state index contributed by atoms with van der Waals surface area (Å²) in [5.41, 5.74) is -0.0250. The molecule has 0 amide bonds. The first-order chi connectivity index (χ1) is 13.9. The number of anilines is 1. The van der Waals surface area contributed by atoms with Gasteiger partial charge in [0.05, 0.1) is 22.8 Å². The molecule has 0 bridgehead atoms. The molecule has 0 aliphatic carbocycles. The van der Waals surface area contributed by atoms with Crippen LogP contribution < -0.4 is 5.32 Å². The minimum absolute atomic E-state index is 0.0415. The predicted octanol–water partition coefficient (Wildman–Crippen LogP) is 4.19. The number of aliphatic hydroxyl groups is 1. The first-order valence-corrected chi connectivity index (χ1v) is 8.65. The van der Waals surface area contributed by atoms with Crippen LogP contribution in [0.4, 0.5) is 22.7 Å². The summed E-state index contributed by atoms with van der Waals surface area (Å²) in [6.45, 7) is 4.87. The summed E-state index contributed by atoms with van der Waals surface area (Å²) in [5.74, 6) is -0.312. The van der Waals surface area contributed by atoms with Gasteiger partial charge >= 0.3 is 0 Å². The topological polar surface area (TPSA) is 141 Å². The van der Waals surface area contributed by atoms with Crippen LogP contribution in [-0.2, 0) is 4.79 Å². The molecule has 0 saturated carbocycles. The summed E-state index contributed by atoms with van der Waals surface area (Å²) in [5, 5.41) is 40.6. The summed E-state index contributed by atoms with van der Waals surface area (Å²) in [6.07, 6.45) is 1.54. The van der Waals surface area contributed by atoms with Gasteiger partial charge in [-0.25, -0.2) is 0 Å². The zero-order chi connectivity index (χ0) is 21.4. The standard InChI is InChI=1S/C20H19N5O4/c1-3-19(27)20(4-2,13-26)22-15-5-7-16(8-6-15)23-24-18-10-9-17(25(28)29)11-14(18)12-21/h3,5-11,22,26H,1,4,13H2,2H3. The third-order valence-corrected chi connectivity index (χ3v) is 4.37. The molecule has 2 N–H and O–H groups in total. The Hall–Kier alpha value is -3.90. The van der Waals surface area contributed by atoms with Crippen LogP contribution in [-0.4, -0.2) is 28.0 Å². The fourth-order valence-electron chi connectivity index (χ4n) is 2.56. The van der Waals surface area contributed by atoms with E-state index in [0.717, 1.165) is 6.07 Å². The lowest BCUT2D eigenvalue weighted by Crippen LogP contribution is -2.48. The van der Waals surface area contributed by atoms with Crippen molar-refractivity contribution >= 4 is 28.5 Å². The van der Waals surface area contributed by atoms with E-state index in [9.17, 15) is 20.0 Å². The molecule has 29 heavy (non-hydrogen) atoms. The zero-order valence-electron chi connectivity index (χ0n) is 15.7. The van der Waals surface area contributed by atoms with E-state index in [4.69, 9.17) is 5.26 Å². The molecule has 2 aromatic carbocycles. The van der Waals surface area contributed by atoms with Crippen LogP contribution in [0, 0.1) is 21.4 Å². The van der Waals surface area contributed by atoms with Crippen molar-refractivity contribution in [3.05, 3.63) is 70.8 Å². The number of carbonyl (C=O) groups is 1. The highest BCUT2D eigenvalue weighted by atomic mass is 16.6. The summed E-state index contributed by atoms with van der Waals surface area (Å²) in [4.78, 5) is 22.3. The molecule has 148 valence electrons. The molecule has 1 atom stereocenters. The van der Waals surface area contributed by atoms with Crippen molar-refractivity contribution in [1.82, 2.24) is 0 Å². The number of nitro benzene ring substituents is 1. The van der Waals surface area contributed by atoms with Crippen molar-refractivity contribution in [3.63, 3.8) is 0 Å². The van der Waals surface area contributed by atoms with E-state index in [0.29, 0.717) is 17.8 Å². The lowest BCUT2D eigenvalue weighted by molar-refractivity contribution is -0.384. The first-order valence-electron chi connectivity index (χ1n) is 8.65. The number of hydrogen-bond acceptors (Lipinski definition) is 8. The number of aliphatic hydroxyl groups excluding tert-OH is 1. The van der Waals surface area contributed by atoms with E-state index in [1.807, 2.05) is 6.07 Å². The van der Waals surface area contributed by atoms with Gasteiger partial charge in [-0.3, -0.25) is 14.9 Å². The number of ketones is 1. The maximum atomic E-state index is 12.1. The van der Waals surface area contributed by atoms with E-state index in [1.165, 1.54) is 18.2 Å². The fraction of sp³-hybridized carbons (Fsp3) is 0.200. The Balaban J connectivity index is 2.21. The Morgan fingerprint density at radius 1 is 1.34 bits per heavy atom. The Labute approximate surface area is 167 Å². The van der Waals surface area contributed by atoms with Crippen LogP contribution in [0.15, 0.2) is 65.3 Å². The lowest BCUT2D eigenvalue weighted by atomic mass is 9.91. The average Bonchev–Trinajstić information content (AvgIpc) is 2.76. The van der Waals surface area contributed by atoms with E-state index in [-0.39, 0.29) is 29.3 Å². The van der Waals surface area contributed by atoms with Crippen LogP contribution in [0.1, 0.15) is 18.9 Å². The quantitative estimate of drug-likeness (QED) is 0.283. The number of nitro groups is 1. The highest BCUT2D eigenvalue weighted by Crippen LogP contribution is 2.27. The maximum absolute atomic E-state index is 12.1. The second-order valence-electron chi connectivity index (χ2n) is 6.10. The van der Waals surface area contributed by atoms with Crippen molar-refractivity contribution in [1.29, 1.82) is 5.26 Å². The molecule has 0 heterocycles. The molecule has 0 fully saturated rings. The molecule has 0 aliphatic rings. The molecule has 2 rings (SSSR count). The predicted molar refractivity (Wildman–Crippen MR) is 107 cm³/mol. The van der Waals surface area contributed by atoms with Gasteiger partial charge in [0.1, 0.15) is 17.3 Å². The maximum Gasteiger partial charge on any atom is 0.270 e. The largest absolute Gasteiger partial charge is 0.393 e. The summed E-state index contributed by atoms with van der Waals surface area (Å²) in [6, 6.07) is 12.2. The van der Waals surface area contributed by atoms with Crippen molar-refractivity contribution in [2.75, 3.05) is 11.9 Å². The number of non-ortho nitro benzene ring substituents is 1. The van der Waals surface area contributed by atoms with E-state index >= 15 is 0 Å². The minimum Gasteiger partial charge on any atom is -0.393 e. The van der Waals surface area contributed by atoms with Crippen molar-refractivity contribution in [2.24, 2.45) is 10.2 Å². The second kappa shape index (κ2) is 9.34. The van der Waals surface area contributed by atoms with Crippen molar-refractivity contribution < 1.29 is 14.8 Å². The molecular formula is C20H19N5O4. The number of benzene rings is 2. The molecule has 2 aromatic rings. The monoisotopic (exact) mass is 393 g/mol. The highest BCUT2D eigenvalue weighted by Gasteiger charge is 2.33. The minimum atomic E-state index is -1.15. The molecule has 1 unspecified atom stereocenters. The van der Waals surface area contributed by atoms with Gasteiger partial charge in [0.15, 0.2) is 5.78 Å². The fourth-order valence-corrected chi connectivity index (χ4v) is 2.56. The smallest absolute Gasteiger partial charge is 0.270 e. The Morgan fingerprint density at radius 3 is 2.55 bits per heavy atom. The number of carbonyl (C=O) groups excluding carboxylic acids is 1. The van der Waals surface area contributed by atoms with Gasteiger partial charge in [0, 0.05) is 17.8 Å². The van der Waals surface area contributed by atoms with Crippen LogP contribution in [0.25, 0.3) is 0 Å². The van der Waals surface area contributed by atoms with Gasteiger partial charge in [0.2, 0.25) is 0 Å². The summed E-state index contributed by atoms with van der Waals surface area (Å²) >= 11 is 0. The second-order valence-corrected chi connectivity index (χ2v) is 6.10. The van der Waals surface area contributed by atoms with Crippen LogP contribution in [0.5, 0.6) is 0 Å². The molecule has 0 spiro atoms. The molecular weight excluding hydrogens is 374 g/mol. The Bertz CT molecular complexity index is 989. The van der Waals surface area contributed by atoms with E-state index in [1.54, 1.807) is 31.2 Å². The highest BCUT2D eigenvalue weighted by molar-refractivity contribution is 5.99. The third kappa shape index (κ3) is 4.88. The number of hydrogen-bond donors (Lipinski definition) is 2.